The Labute approximate surface area is 137 Å². The summed E-state index contributed by atoms with van der Waals surface area (Å²) in [5.74, 6) is -0.896. The standard InChI is InChI=1S/C14H9F5N4O2/c15-13(16)25-10-3-1-8(5-11(10)24-6-14(17,18)19)9-2-4-12(21-7-20)23-22-9/h1-5,13H,6H2,(H,21,23). The van der Waals surface area contributed by atoms with E-state index in [1.165, 1.54) is 18.2 Å². The molecular formula is C14H9F5N4O2. The van der Waals surface area contributed by atoms with Gasteiger partial charge in [0.25, 0.3) is 0 Å². The Morgan fingerprint density at radius 2 is 1.88 bits per heavy atom. The van der Waals surface area contributed by atoms with Gasteiger partial charge in [0.1, 0.15) is 0 Å². The fourth-order valence-corrected chi connectivity index (χ4v) is 1.74. The van der Waals surface area contributed by atoms with E-state index in [4.69, 9.17) is 5.26 Å². The van der Waals surface area contributed by atoms with Crippen LogP contribution in [-0.2, 0) is 0 Å². The zero-order chi connectivity index (χ0) is 18.4. The smallest absolute Gasteiger partial charge is 0.422 e. The first-order valence-corrected chi connectivity index (χ1v) is 6.56. The van der Waals surface area contributed by atoms with Crippen LogP contribution in [0.15, 0.2) is 30.3 Å². The van der Waals surface area contributed by atoms with Gasteiger partial charge in [0, 0.05) is 5.56 Å². The van der Waals surface area contributed by atoms with Gasteiger partial charge in [-0.25, -0.2) is 0 Å². The number of nitrogens with one attached hydrogen (secondary N) is 1. The fourth-order valence-electron chi connectivity index (χ4n) is 1.74. The highest BCUT2D eigenvalue weighted by molar-refractivity contribution is 5.64. The number of ether oxygens (including phenoxy) is 2. The lowest BCUT2D eigenvalue weighted by atomic mass is 10.1. The Bertz CT molecular complexity index is 759. The van der Waals surface area contributed by atoms with Crippen molar-refractivity contribution in [2.75, 3.05) is 11.9 Å². The van der Waals surface area contributed by atoms with Crippen LogP contribution in [0.4, 0.5) is 27.8 Å². The molecule has 132 valence electrons. The van der Waals surface area contributed by atoms with E-state index in [0.717, 1.165) is 12.1 Å². The molecule has 6 nitrogen and oxygen atoms in total. The molecule has 0 bridgehead atoms. The number of hydrogen-bond donors (Lipinski definition) is 1. The predicted molar refractivity (Wildman–Crippen MR) is 74.9 cm³/mol. The molecule has 0 unspecified atom stereocenters. The number of halogens is 5. The number of hydrogen-bond acceptors (Lipinski definition) is 6. The van der Waals surface area contributed by atoms with Crippen LogP contribution in [0.25, 0.3) is 11.3 Å². The molecule has 0 atom stereocenters. The molecule has 1 N–H and O–H groups in total. The molecule has 1 aromatic carbocycles. The van der Waals surface area contributed by atoms with Crippen LogP contribution >= 0.6 is 0 Å². The first-order valence-electron chi connectivity index (χ1n) is 6.56. The zero-order valence-electron chi connectivity index (χ0n) is 12.2. The highest BCUT2D eigenvalue weighted by Crippen LogP contribution is 2.34. The zero-order valence-corrected chi connectivity index (χ0v) is 12.2. The van der Waals surface area contributed by atoms with Gasteiger partial charge in [-0.05, 0) is 30.3 Å². The number of benzene rings is 1. The third-order valence-corrected chi connectivity index (χ3v) is 2.70. The molecule has 25 heavy (non-hydrogen) atoms. The van der Waals surface area contributed by atoms with Crippen molar-refractivity contribution in [3.05, 3.63) is 30.3 Å². The van der Waals surface area contributed by atoms with Crippen molar-refractivity contribution in [3.8, 4) is 28.9 Å². The van der Waals surface area contributed by atoms with Crippen LogP contribution in [0, 0.1) is 11.5 Å². The van der Waals surface area contributed by atoms with Crippen molar-refractivity contribution < 1.29 is 31.4 Å². The van der Waals surface area contributed by atoms with Crippen LogP contribution in [0.1, 0.15) is 0 Å². The Morgan fingerprint density at radius 1 is 1.12 bits per heavy atom. The quantitative estimate of drug-likeness (QED) is 0.482. The van der Waals surface area contributed by atoms with Gasteiger partial charge in [0.2, 0.25) is 0 Å². The highest BCUT2D eigenvalue weighted by atomic mass is 19.4. The van der Waals surface area contributed by atoms with Gasteiger partial charge >= 0.3 is 12.8 Å². The average Bonchev–Trinajstić information content (AvgIpc) is 2.54. The SMILES string of the molecule is N#CNc1ccc(-c2ccc(OC(F)F)c(OCC(F)(F)F)c2)nn1. The van der Waals surface area contributed by atoms with Crippen molar-refractivity contribution in [2.45, 2.75) is 12.8 Å². The topological polar surface area (TPSA) is 80.1 Å². The minimum absolute atomic E-state index is 0.164. The molecule has 0 spiro atoms. The Morgan fingerprint density at radius 3 is 2.44 bits per heavy atom. The van der Waals surface area contributed by atoms with E-state index in [0.29, 0.717) is 0 Å². The van der Waals surface area contributed by atoms with Crippen molar-refractivity contribution in [1.82, 2.24) is 10.2 Å². The molecule has 0 aliphatic heterocycles. The summed E-state index contributed by atoms with van der Waals surface area (Å²) in [4.78, 5) is 0. The lowest BCUT2D eigenvalue weighted by molar-refractivity contribution is -0.154. The molecule has 0 saturated carbocycles. The molecule has 0 aliphatic carbocycles. The molecule has 11 heteroatoms. The predicted octanol–water partition coefficient (Wildman–Crippen LogP) is 3.58. The van der Waals surface area contributed by atoms with E-state index in [2.05, 4.69) is 25.0 Å². The van der Waals surface area contributed by atoms with Crippen LogP contribution < -0.4 is 14.8 Å². The van der Waals surface area contributed by atoms with E-state index in [1.807, 2.05) is 0 Å². The second-order valence-corrected chi connectivity index (χ2v) is 4.48. The summed E-state index contributed by atoms with van der Waals surface area (Å²) in [6.07, 6.45) is -3.01. The van der Waals surface area contributed by atoms with Crippen LogP contribution in [0.2, 0.25) is 0 Å². The van der Waals surface area contributed by atoms with E-state index in [9.17, 15) is 22.0 Å². The van der Waals surface area contributed by atoms with Crippen molar-refractivity contribution in [3.63, 3.8) is 0 Å². The van der Waals surface area contributed by atoms with Gasteiger partial charge in [-0.1, -0.05) is 0 Å². The number of rotatable bonds is 6. The molecule has 0 fully saturated rings. The largest absolute Gasteiger partial charge is 0.480 e. The van der Waals surface area contributed by atoms with E-state index in [1.54, 1.807) is 6.19 Å². The number of nitriles is 1. The molecular weight excluding hydrogens is 351 g/mol. The Hall–Kier alpha value is -3.16. The summed E-state index contributed by atoms with van der Waals surface area (Å²) < 4.78 is 70.3. The highest BCUT2D eigenvalue weighted by Gasteiger charge is 2.29. The third-order valence-electron chi connectivity index (χ3n) is 2.70. The first-order chi connectivity index (χ1) is 11.8. The van der Waals surface area contributed by atoms with Crippen LogP contribution in [0.3, 0.4) is 0 Å². The normalized spacial score (nSPS) is 11.1. The minimum atomic E-state index is -4.65. The maximum Gasteiger partial charge on any atom is 0.422 e. The Kier molecular flexibility index (Phi) is 5.53. The molecule has 2 rings (SSSR count). The Balaban J connectivity index is 2.31. The van der Waals surface area contributed by atoms with Gasteiger partial charge in [0.15, 0.2) is 30.1 Å². The first kappa shape index (κ1) is 18.2. The van der Waals surface area contributed by atoms with E-state index < -0.39 is 30.9 Å². The average molecular weight is 360 g/mol. The summed E-state index contributed by atoms with van der Waals surface area (Å²) in [7, 11) is 0. The second kappa shape index (κ2) is 7.61. The molecule has 1 aromatic heterocycles. The van der Waals surface area contributed by atoms with Gasteiger partial charge in [-0.3, -0.25) is 5.32 Å². The molecule has 0 saturated heterocycles. The van der Waals surface area contributed by atoms with Crippen molar-refractivity contribution in [2.24, 2.45) is 0 Å². The van der Waals surface area contributed by atoms with E-state index in [-0.39, 0.29) is 17.1 Å². The van der Waals surface area contributed by atoms with Crippen molar-refractivity contribution in [1.29, 1.82) is 5.26 Å². The van der Waals surface area contributed by atoms with Gasteiger partial charge in [-0.2, -0.15) is 27.2 Å². The maximum absolute atomic E-state index is 12.4. The monoisotopic (exact) mass is 360 g/mol. The molecule has 2 aromatic rings. The summed E-state index contributed by atoms with van der Waals surface area (Å²) >= 11 is 0. The fraction of sp³-hybridized carbons (Fsp3) is 0.214. The molecule has 0 amide bonds. The number of anilines is 1. The second-order valence-electron chi connectivity index (χ2n) is 4.48. The van der Waals surface area contributed by atoms with Crippen molar-refractivity contribution >= 4 is 5.82 Å². The number of alkyl halides is 5. The lowest BCUT2D eigenvalue weighted by Crippen LogP contribution is -2.19. The van der Waals surface area contributed by atoms with Gasteiger partial charge in [-0.15, -0.1) is 10.2 Å². The third kappa shape index (κ3) is 5.45. The van der Waals surface area contributed by atoms with Crippen LogP contribution in [-0.4, -0.2) is 29.6 Å². The summed E-state index contributed by atoms with van der Waals surface area (Å²) in [5.41, 5.74) is 0.485. The lowest BCUT2D eigenvalue weighted by Gasteiger charge is -2.14. The van der Waals surface area contributed by atoms with E-state index >= 15 is 0 Å². The van der Waals surface area contributed by atoms with Gasteiger partial charge < -0.3 is 9.47 Å². The summed E-state index contributed by atoms with van der Waals surface area (Å²) in [6, 6.07) is 6.26. The summed E-state index contributed by atoms with van der Waals surface area (Å²) in [5, 5.41) is 18.2. The van der Waals surface area contributed by atoms with Gasteiger partial charge in [0.05, 0.1) is 5.69 Å². The minimum Gasteiger partial charge on any atom is -0.480 e. The molecule has 1 heterocycles. The van der Waals surface area contributed by atoms with Crippen LogP contribution in [0.5, 0.6) is 11.5 Å². The summed E-state index contributed by atoms with van der Waals surface area (Å²) in [6.45, 7) is -4.90. The molecule has 0 radical (unpaired) electrons. The maximum atomic E-state index is 12.4. The number of nitrogens with zero attached hydrogens (tertiary/aromatic N) is 3. The number of aromatic nitrogens is 2. The molecule has 0 aliphatic rings.